The molecule has 0 bridgehead atoms. The average Bonchev–Trinajstić information content (AvgIpc) is 2.34. The van der Waals surface area contributed by atoms with Gasteiger partial charge in [0.05, 0.1) is 7.11 Å². The van der Waals surface area contributed by atoms with Crippen molar-refractivity contribution in [3.05, 3.63) is 28.3 Å². The van der Waals surface area contributed by atoms with E-state index in [2.05, 4.69) is 5.32 Å². The van der Waals surface area contributed by atoms with Gasteiger partial charge in [0, 0.05) is 11.4 Å². The molecule has 2 N–H and O–H groups in total. The van der Waals surface area contributed by atoms with Crippen molar-refractivity contribution >= 4 is 23.7 Å². The summed E-state index contributed by atoms with van der Waals surface area (Å²) in [5, 5.41) is 12.2. The summed E-state index contributed by atoms with van der Waals surface area (Å²) in [5.41, 5.74) is 0.676. The lowest BCUT2D eigenvalue weighted by Crippen LogP contribution is -2.44. The Bertz CT molecular complexity index is 595. The van der Waals surface area contributed by atoms with Gasteiger partial charge >= 0.3 is 12.1 Å². The molecule has 0 aliphatic rings. The highest BCUT2D eigenvalue weighted by Gasteiger charge is 2.25. The van der Waals surface area contributed by atoms with Gasteiger partial charge in [0.15, 0.2) is 0 Å². The number of aryl methyl sites for hydroxylation is 1. The Labute approximate surface area is 140 Å². The number of amides is 1. The van der Waals surface area contributed by atoms with Crippen LogP contribution < -0.4 is 10.1 Å². The second kappa shape index (κ2) is 7.55. The fourth-order valence-corrected chi connectivity index (χ4v) is 2.41. The van der Waals surface area contributed by atoms with Gasteiger partial charge in [0.1, 0.15) is 17.4 Å². The van der Waals surface area contributed by atoms with E-state index in [9.17, 15) is 14.7 Å². The first-order chi connectivity index (χ1) is 10.5. The van der Waals surface area contributed by atoms with Crippen LogP contribution in [0.15, 0.2) is 12.1 Å². The molecule has 0 aliphatic carbocycles. The van der Waals surface area contributed by atoms with Crippen LogP contribution in [0.3, 0.4) is 0 Å². The van der Waals surface area contributed by atoms with Crippen molar-refractivity contribution in [2.45, 2.75) is 45.8 Å². The Morgan fingerprint density at radius 1 is 1.35 bits per heavy atom. The molecule has 0 aliphatic heterocycles. The lowest BCUT2D eigenvalue weighted by molar-refractivity contribution is -0.139. The third-order valence-corrected chi connectivity index (χ3v) is 3.15. The third kappa shape index (κ3) is 5.98. The predicted octanol–water partition coefficient (Wildman–Crippen LogP) is 3.18. The number of nitrogens with one attached hydrogen (secondary N) is 1. The first-order valence-electron chi connectivity index (χ1n) is 7.09. The molecule has 128 valence electrons. The number of ether oxygens (including phenoxy) is 2. The highest BCUT2D eigenvalue weighted by Crippen LogP contribution is 2.28. The van der Waals surface area contributed by atoms with Crippen molar-refractivity contribution in [2.24, 2.45) is 0 Å². The highest BCUT2D eigenvalue weighted by molar-refractivity contribution is 6.30. The van der Waals surface area contributed by atoms with Gasteiger partial charge in [0.2, 0.25) is 0 Å². The molecule has 1 aromatic rings. The first kappa shape index (κ1) is 19.1. The number of carboxylic acid groups (broad SMARTS) is 1. The molecule has 0 fully saturated rings. The fourth-order valence-electron chi connectivity index (χ4n) is 2.11. The molecule has 1 amide bonds. The molecule has 23 heavy (non-hydrogen) atoms. The van der Waals surface area contributed by atoms with Gasteiger partial charge in [-0.25, -0.2) is 9.59 Å². The van der Waals surface area contributed by atoms with Gasteiger partial charge in [-0.3, -0.25) is 0 Å². The Hall–Kier alpha value is -1.95. The summed E-state index contributed by atoms with van der Waals surface area (Å²) >= 11 is 6.02. The molecule has 0 saturated carbocycles. The zero-order chi connectivity index (χ0) is 17.8. The molecular formula is C16H22ClNO5. The second-order valence-electron chi connectivity index (χ2n) is 6.16. The molecule has 1 aromatic carbocycles. The van der Waals surface area contributed by atoms with E-state index in [4.69, 9.17) is 21.1 Å². The van der Waals surface area contributed by atoms with E-state index < -0.39 is 23.7 Å². The van der Waals surface area contributed by atoms with E-state index in [0.29, 0.717) is 16.3 Å². The quantitative estimate of drug-likeness (QED) is 0.857. The number of carbonyl (C=O) groups is 2. The van der Waals surface area contributed by atoms with Gasteiger partial charge in [-0.05, 0) is 51.0 Å². The van der Waals surface area contributed by atoms with Gasteiger partial charge < -0.3 is 19.9 Å². The van der Waals surface area contributed by atoms with Gasteiger partial charge in [-0.1, -0.05) is 11.6 Å². The highest BCUT2D eigenvalue weighted by atomic mass is 35.5. The number of alkyl carbamates (subject to hydrolysis) is 1. The number of hydrogen-bond acceptors (Lipinski definition) is 4. The van der Waals surface area contributed by atoms with Gasteiger partial charge in [0.25, 0.3) is 0 Å². The summed E-state index contributed by atoms with van der Waals surface area (Å²) in [6.45, 7) is 6.91. The maximum Gasteiger partial charge on any atom is 0.408 e. The Morgan fingerprint density at radius 2 is 1.96 bits per heavy atom. The van der Waals surface area contributed by atoms with Crippen LogP contribution in [0.2, 0.25) is 5.02 Å². The minimum absolute atomic E-state index is 0.0269. The molecular weight excluding hydrogens is 322 g/mol. The largest absolute Gasteiger partial charge is 0.496 e. The maximum atomic E-state index is 11.8. The lowest BCUT2D eigenvalue weighted by Gasteiger charge is -2.22. The van der Waals surface area contributed by atoms with Crippen LogP contribution in [0, 0.1) is 6.92 Å². The summed E-state index contributed by atoms with van der Waals surface area (Å²) in [5.74, 6) is -0.623. The lowest BCUT2D eigenvalue weighted by atomic mass is 10.0. The Morgan fingerprint density at radius 3 is 2.43 bits per heavy atom. The molecule has 0 radical (unpaired) electrons. The van der Waals surface area contributed by atoms with Crippen LogP contribution in [0.1, 0.15) is 31.9 Å². The van der Waals surface area contributed by atoms with E-state index in [1.54, 1.807) is 32.9 Å². The predicted molar refractivity (Wildman–Crippen MR) is 87.2 cm³/mol. The minimum Gasteiger partial charge on any atom is -0.496 e. The number of rotatable bonds is 5. The third-order valence-electron chi connectivity index (χ3n) is 2.93. The van der Waals surface area contributed by atoms with E-state index in [1.807, 2.05) is 6.92 Å². The van der Waals surface area contributed by atoms with Crippen LogP contribution in [0.4, 0.5) is 4.79 Å². The molecule has 6 nitrogen and oxygen atoms in total. The number of aliphatic carboxylic acids is 1. The van der Waals surface area contributed by atoms with Crippen LogP contribution >= 0.6 is 11.6 Å². The van der Waals surface area contributed by atoms with Crippen molar-refractivity contribution in [3.63, 3.8) is 0 Å². The van der Waals surface area contributed by atoms with E-state index in [0.717, 1.165) is 5.56 Å². The second-order valence-corrected chi connectivity index (χ2v) is 6.59. The molecule has 0 saturated heterocycles. The summed E-state index contributed by atoms with van der Waals surface area (Å²) in [6, 6.07) is 2.19. The van der Waals surface area contributed by atoms with E-state index >= 15 is 0 Å². The van der Waals surface area contributed by atoms with Crippen molar-refractivity contribution in [2.75, 3.05) is 7.11 Å². The Balaban J connectivity index is 2.97. The maximum absolute atomic E-state index is 11.8. The van der Waals surface area contributed by atoms with Gasteiger partial charge in [-0.15, -0.1) is 0 Å². The summed E-state index contributed by atoms with van der Waals surface area (Å²) in [7, 11) is 1.50. The number of hydrogen-bond donors (Lipinski definition) is 2. The number of carboxylic acids is 1. The Kier molecular flexibility index (Phi) is 6.27. The number of halogens is 1. The van der Waals surface area contributed by atoms with Crippen LogP contribution in [-0.4, -0.2) is 35.9 Å². The van der Waals surface area contributed by atoms with Crippen LogP contribution in [-0.2, 0) is 16.0 Å². The normalized spacial score (nSPS) is 12.4. The first-order valence-corrected chi connectivity index (χ1v) is 7.46. The summed E-state index contributed by atoms with van der Waals surface area (Å²) in [4.78, 5) is 23.2. The zero-order valence-corrected chi connectivity index (χ0v) is 14.7. The van der Waals surface area contributed by atoms with Crippen LogP contribution in [0.25, 0.3) is 0 Å². The van der Waals surface area contributed by atoms with E-state index in [-0.39, 0.29) is 6.42 Å². The van der Waals surface area contributed by atoms with E-state index in [1.165, 1.54) is 7.11 Å². The van der Waals surface area contributed by atoms with Crippen molar-refractivity contribution in [1.29, 1.82) is 0 Å². The zero-order valence-electron chi connectivity index (χ0n) is 13.9. The number of methoxy groups -OCH3 is 1. The number of benzene rings is 1. The summed E-state index contributed by atoms with van der Waals surface area (Å²) in [6.07, 6.45) is -0.762. The smallest absolute Gasteiger partial charge is 0.408 e. The topological polar surface area (TPSA) is 84.9 Å². The summed E-state index contributed by atoms with van der Waals surface area (Å²) < 4.78 is 10.4. The molecule has 0 heterocycles. The average molecular weight is 344 g/mol. The van der Waals surface area contributed by atoms with Crippen molar-refractivity contribution in [3.8, 4) is 5.75 Å². The minimum atomic E-state index is -1.17. The van der Waals surface area contributed by atoms with Gasteiger partial charge in [-0.2, -0.15) is 0 Å². The molecule has 1 unspecified atom stereocenters. The standard InChI is InChI=1S/C16H22ClNO5/c1-9-6-11(17)7-10(13(9)22-5)8-12(14(19)20)18-15(21)23-16(2,3)4/h6-7,12H,8H2,1-5H3,(H,18,21)(H,19,20). The fraction of sp³-hybridized carbons (Fsp3) is 0.500. The molecule has 7 heteroatoms. The monoisotopic (exact) mass is 343 g/mol. The van der Waals surface area contributed by atoms with Crippen molar-refractivity contribution in [1.82, 2.24) is 5.32 Å². The molecule has 1 rings (SSSR count). The SMILES string of the molecule is COc1c(C)cc(Cl)cc1CC(NC(=O)OC(C)(C)C)C(=O)O. The molecule has 1 atom stereocenters. The molecule has 0 spiro atoms. The molecule has 0 aromatic heterocycles. The number of carbonyl (C=O) groups excluding carboxylic acids is 1. The van der Waals surface area contributed by atoms with Crippen molar-refractivity contribution < 1.29 is 24.2 Å². The van der Waals surface area contributed by atoms with Crippen LogP contribution in [0.5, 0.6) is 5.75 Å².